The number of aryl methyl sites for hydroxylation is 1. The number of hydrogen-bond donors (Lipinski definition) is 1. The molecule has 0 fully saturated rings. The van der Waals surface area contributed by atoms with Gasteiger partial charge in [0.25, 0.3) is 0 Å². The Morgan fingerprint density at radius 1 is 0.909 bits per heavy atom. The standard InChI is InChI=1S/C27H27N3O3/c1-32-25-11-9-19(17-26(25)33-2)8-10-22(31)16-20-5-3-6-21(15-20)18-27-29-14-12-24(30-27)23-7-4-13-28-23/h3-7,9,11-15,17,28H,8,10,16,18H2,1-2H3. The van der Waals surface area contributed by atoms with Crippen LogP contribution in [0.4, 0.5) is 0 Å². The van der Waals surface area contributed by atoms with Crippen molar-refractivity contribution in [2.75, 3.05) is 14.2 Å². The Morgan fingerprint density at radius 3 is 2.55 bits per heavy atom. The molecule has 0 amide bonds. The van der Waals surface area contributed by atoms with Crippen LogP contribution in [-0.4, -0.2) is 35.0 Å². The molecule has 6 heteroatoms. The number of aromatic nitrogens is 3. The normalized spacial score (nSPS) is 10.7. The highest BCUT2D eigenvalue weighted by Gasteiger charge is 2.09. The van der Waals surface area contributed by atoms with Crippen molar-refractivity contribution >= 4 is 5.78 Å². The summed E-state index contributed by atoms with van der Waals surface area (Å²) in [6.07, 6.45) is 5.81. The number of ketones is 1. The van der Waals surface area contributed by atoms with Crippen molar-refractivity contribution in [3.05, 3.63) is 95.6 Å². The van der Waals surface area contributed by atoms with E-state index in [0.29, 0.717) is 37.2 Å². The minimum Gasteiger partial charge on any atom is -0.493 e. The minimum atomic E-state index is 0.201. The fraction of sp³-hybridized carbons (Fsp3) is 0.222. The van der Waals surface area contributed by atoms with Gasteiger partial charge in [0.2, 0.25) is 0 Å². The van der Waals surface area contributed by atoms with Crippen LogP contribution in [0.25, 0.3) is 11.4 Å². The maximum Gasteiger partial charge on any atom is 0.160 e. The average molecular weight is 442 g/mol. The number of hydrogen-bond acceptors (Lipinski definition) is 5. The van der Waals surface area contributed by atoms with Crippen LogP contribution in [0.5, 0.6) is 11.5 Å². The van der Waals surface area contributed by atoms with Crippen molar-refractivity contribution < 1.29 is 14.3 Å². The molecule has 2 heterocycles. The Kier molecular flexibility index (Phi) is 7.15. The molecule has 33 heavy (non-hydrogen) atoms. The minimum absolute atomic E-state index is 0.201. The van der Waals surface area contributed by atoms with Crippen molar-refractivity contribution in [2.45, 2.75) is 25.7 Å². The molecule has 1 N–H and O–H groups in total. The first kappa shape index (κ1) is 22.3. The number of ether oxygens (including phenoxy) is 2. The van der Waals surface area contributed by atoms with Gasteiger partial charge in [-0.15, -0.1) is 0 Å². The lowest BCUT2D eigenvalue weighted by Gasteiger charge is -2.09. The Bertz CT molecular complexity index is 1220. The maximum atomic E-state index is 12.6. The van der Waals surface area contributed by atoms with Crippen LogP contribution in [-0.2, 0) is 24.1 Å². The van der Waals surface area contributed by atoms with E-state index in [0.717, 1.165) is 33.9 Å². The van der Waals surface area contributed by atoms with Crippen molar-refractivity contribution in [2.24, 2.45) is 0 Å². The van der Waals surface area contributed by atoms with Crippen LogP contribution in [0.3, 0.4) is 0 Å². The van der Waals surface area contributed by atoms with Crippen LogP contribution in [0.2, 0.25) is 0 Å². The van der Waals surface area contributed by atoms with Gasteiger partial charge < -0.3 is 14.5 Å². The van der Waals surface area contributed by atoms with Gasteiger partial charge in [-0.2, -0.15) is 0 Å². The Morgan fingerprint density at radius 2 is 1.76 bits per heavy atom. The summed E-state index contributed by atoms with van der Waals surface area (Å²) in [7, 11) is 3.22. The van der Waals surface area contributed by atoms with Gasteiger partial charge in [-0.3, -0.25) is 4.79 Å². The summed E-state index contributed by atoms with van der Waals surface area (Å²) < 4.78 is 10.6. The lowest BCUT2D eigenvalue weighted by Crippen LogP contribution is -2.05. The second-order valence-electron chi connectivity index (χ2n) is 7.84. The number of Topliss-reactive ketones (excluding diaryl/α,β-unsaturated/α-hetero) is 1. The lowest BCUT2D eigenvalue weighted by atomic mass is 10.00. The van der Waals surface area contributed by atoms with E-state index in [4.69, 9.17) is 9.47 Å². The van der Waals surface area contributed by atoms with Gasteiger partial charge in [-0.05, 0) is 53.4 Å². The molecule has 0 saturated heterocycles. The number of methoxy groups -OCH3 is 2. The van der Waals surface area contributed by atoms with Crippen LogP contribution in [0, 0.1) is 0 Å². The van der Waals surface area contributed by atoms with Crippen LogP contribution < -0.4 is 9.47 Å². The zero-order valence-corrected chi connectivity index (χ0v) is 18.9. The summed E-state index contributed by atoms with van der Waals surface area (Å²) in [5, 5.41) is 0. The van der Waals surface area contributed by atoms with Crippen molar-refractivity contribution in [3.8, 4) is 22.9 Å². The number of carbonyl (C=O) groups is 1. The highest BCUT2D eigenvalue weighted by atomic mass is 16.5. The number of H-pyrrole nitrogens is 1. The largest absolute Gasteiger partial charge is 0.493 e. The predicted molar refractivity (Wildman–Crippen MR) is 128 cm³/mol. The molecule has 0 atom stereocenters. The highest BCUT2D eigenvalue weighted by Crippen LogP contribution is 2.28. The summed E-state index contributed by atoms with van der Waals surface area (Å²) in [5.41, 5.74) is 4.97. The molecule has 0 aliphatic rings. The molecule has 0 saturated carbocycles. The fourth-order valence-electron chi connectivity index (χ4n) is 3.79. The Hall–Kier alpha value is -3.93. The van der Waals surface area contributed by atoms with Crippen molar-refractivity contribution in [1.82, 2.24) is 15.0 Å². The van der Waals surface area contributed by atoms with E-state index in [-0.39, 0.29) is 5.78 Å². The number of carbonyl (C=O) groups excluding carboxylic acids is 1. The molecular formula is C27H27N3O3. The van der Waals surface area contributed by atoms with Crippen molar-refractivity contribution in [3.63, 3.8) is 0 Å². The summed E-state index contributed by atoms with van der Waals surface area (Å²) in [6.45, 7) is 0. The van der Waals surface area contributed by atoms with Crippen molar-refractivity contribution in [1.29, 1.82) is 0 Å². The SMILES string of the molecule is COc1ccc(CCC(=O)Cc2cccc(Cc3nccc(-c4ccc[nH]4)n3)c2)cc1OC. The van der Waals surface area contributed by atoms with E-state index in [1.807, 2.05) is 60.8 Å². The molecule has 2 aromatic carbocycles. The first-order valence-electron chi connectivity index (χ1n) is 10.9. The monoisotopic (exact) mass is 441 g/mol. The third-order valence-corrected chi connectivity index (χ3v) is 5.47. The molecule has 6 nitrogen and oxygen atoms in total. The van der Waals surface area contributed by atoms with E-state index in [2.05, 4.69) is 21.0 Å². The fourth-order valence-corrected chi connectivity index (χ4v) is 3.79. The molecule has 0 radical (unpaired) electrons. The molecule has 4 aromatic rings. The molecule has 0 aliphatic carbocycles. The summed E-state index contributed by atoms with van der Waals surface area (Å²) in [6, 6.07) is 19.7. The van der Waals surface area contributed by atoms with Crippen LogP contribution in [0.1, 0.15) is 28.9 Å². The number of benzene rings is 2. The summed E-state index contributed by atoms with van der Waals surface area (Å²) >= 11 is 0. The molecule has 0 aliphatic heterocycles. The second-order valence-corrected chi connectivity index (χ2v) is 7.84. The van der Waals surface area contributed by atoms with Gasteiger partial charge >= 0.3 is 0 Å². The second kappa shape index (κ2) is 10.6. The topological polar surface area (TPSA) is 77.1 Å². The predicted octanol–water partition coefficient (Wildman–Crippen LogP) is 4.82. The van der Waals surface area contributed by atoms with E-state index in [9.17, 15) is 4.79 Å². The molecular weight excluding hydrogens is 414 g/mol. The number of nitrogens with zero attached hydrogens (tertiary/aromatic N) is 2. The van der Waals surface area contributed by atoms with Gasteiger partial charge in [0.15, 0.2) is 11.5 Å². The number of aromatic amines is 1. The lowest BCUT2D eigenvalue weighted by molar-refractivity contribution is -0.118. The third kappa shape index (κ3) is 5.86. The maximum absolute atomic E-state index is 12.6. The highest BCUT2D eigenvalue weighted by molar-refractivity contribution is 5.81. The number of rotatable bonds is 10. The molecule has 0 unspecified atom stereocenters. The van der Waals surface area contributed by atoms with Crippen LogP contribution in [0.15, 0.2) is 73.1 Å². The molecule has 0 bridgehead atoms. The first-order valence-corrected chi connectivity index (χ1v) is 10.9. The van der Waals surface area contributed by atoms with E-state index >= 15 is 0 Å². The quantitative estimate of drug-likeness (QED) is 0.382. The van der Waals surface area contributed by atoms with Gasteiger partial charge in [-0.1, -0.05) is 30.3 Å². The van der Waals surface area contributed by atoms with Gasteiger partial charge in [0, 0.05) is 31.7 Å². The van der Waals surface area contributed by atoms with E-state index in [1.165, 1.54) is 0 Å². The van der Waals surface area contributed by atoms with E-state index in [1.54, 1.807) is 20.4 Å². The third-order valence-electron chi connectivity index (χ3n) is 5.47. The molecule has 168 valence electrons. The van der Waals surface area contributed by atoms with E-state index < -0.39 is 0 Å². The Balaban J connectivity index is 1.36. The molecule has 2 aromatic heterocycles. The molecule has 4 rings (SSSR count). The van der Waals surface area contributed by atoms with Gasteiger partial charge in [0.05, 0.1) is 25.6 Å². The van der Waals surface area contributed by atoms with Crippen LogP contribution >= 0.6 is 0 Å². The number of nitrogens with one attached hydrogen (secondary N) is 1. The molecule has 0 spiro atoms. The first-order chi connectivity index (χ1) is 16.1. The zero-order valence-electron chi connectivity index (χ0n) is 18.9. The van der Waals surface area contributed by atoms with Gasteiger partial charge in [-0.25, -0.2) is 9.97 Å². The smallest absolute Gasteiger partial charge is 0.160 e. The average Bonchev–Trinajstić information content (AvgIpc) is 3.38. The summed E-state index contributed by atoms with van der Waals surface area (Å²) in [4.78, 5) is 24.9. The van der Waals surface area contributed by atoms with Gasteiger partial charge in [0.1, 0.15) is 11.6 Å². The zero-order chi connectivity index (χ0) is 23.0. The summed E-state index contributed by atoms with van der Waals surface area (Å²) in [5.74, 6) is 2.32. The Labute approximate surface area is 193 Å².